The van der Waals surface area contributed by atoms with Crippen LogP contribution >= 0.6 is 0 Å². The summed E-state index contributed by atoms with van der Waals surface area (Å²) < 4.78 is 51.9. The van der Waals surface area contributed by atoms with Gasteiger partial charge >= 0.3 is 6.09 Å². The van der Waals surface area contributed by atoms with E-state index < -0.39 is 80.4 Å². The summed E-state index contributed by atoms with van der Waals surface area (Å²) >= 11 is 0. The number of carboxylic acid groups (broad SMARTS) is 1. The number of sulfonamides is 1. The molecule has 7 rings (SSSR count). The van der Waals surface area contributed by atoms with Crippen molar-refractivity contribution < 1.29 is 51.6 Å². The maximum Gasteiger partial charge on any atom is 0.405 e. The molecule has 0 bridgehead atoms. The number of benzene rings is 1. The molecule has 3 aromatic rings. The fraction of sp³-hybridized carbons (Fsp3) is 0.535. The van der Waals surface area contributed by atoms with Crippen molar-refractivity contribution in [2.75, 3.05) is 13.7 Å². The molecule has 4 heterocycles. The highest BCUT2D eigenvalue weighted by Gasteiger charge is 2.63. The molecule has 1 aromatic carbocycles. The van der Waals surface area contributed by atoms with E-state index in [4.69, 9.17) is 23.9 Å². The molecule has 4 N–H and O–H groups in total. The monoisotopic (exact) mass is 862 g/mol. The van der Waals surface area contributed by atoms with Gasteiger partial charge in [0.25, 0.3) is 5.91 Å². The molecule has 328 valence electrons. The number of ether oxygens (including phenoxy) is 4. The van der Waals surface area contributed by atoms with Crippen molar-refractivity contribution in [1.29, 1.82) is 0 Å². The van der Waals surface area contributed by atoms with E-state index in [0.29, 0.717) is 59.3 Å². The van der Waals surface area contributed by atoms with E-state index in [9.17, 15) is 32.7 Å². The lowest BCUT2D eigenvalue weighted by Gasteiger charge is -2.33. The molecule has 61 heavy (non-hydrogen) atoms. The van der Waals surface area contributed by atoms with Crippen LogP contribution in [-0.2, 0) is 29.1 Å². The quantitative estimate of drug-likeness (QED) is 0.195. The van der Waals surface area contributed by atoms with Crippen LogP contribution in [0.15, 0.2) is 54.7 Å². The highest BCUT2D eigenvalue weighted by atomic mass is 32.2. The van der Waals surface area contributed by atoms with Gasteiger partial charge in [0.2, 0.25) is 27.7 Å². The number of methoxy groups -OCH3 is 1. The number of allylic oxidation sites excluding steroid dienone is 1. The standard InChI is InChI=1S/C43H54N6O11S/c1-7-35-36(46-41(53)54)39(51)49-23-30(60-38-31-14-12-28(57-6)18-26(31)19-33(45-38)32-15-13-29(22-44-32)58-24(2)3)20-34(49)37(50)47-43(21-27(43)11-9-8-10-25(4)59-35)40(52)48-61(55,56)42(5)16-17-42/h9,11-15,18-19,22,24-25,27,30,34-36,46H,7-8,10,16-17,20-21,23H2,1-6H3,(H,47,50)(H,48,52)(H,53,54)/b11-9-/t25-,27-,30-,34+,35+,36+,43-/m1/s1. The summed E-state index contributed by atoms with van der Waals surface area (Å²) in [4.78, 5) is 66.2. The minimum absolute atomic E-state index is 0.0510. The molecule has 2 saturated carbocycles. The average molecular weight is 863 g/mol. The highest BCUT2D eigenvalue weighted by Crippen LogP contribution is 2.47. The minimum Gasteiger partial charge on any atom is -0.497 e. The Kier molecular flexibility index (Phi) is 12.2. The number of carbonyl (C=O) groups is 4. The molecule has 4 aliphatic rings. The average Bonchev–Trinajstić information content (AvgIpc) is 4.10. The fourth-order valence-electron chi connectivity index (χ4n) is 8.02. The molecule has 3 fully saturated rings. The zero-order valence-electron chi connectivity index (χ0n) is 35.2. The normalized spacial score (nSPS) is 28.0. The van der Waals surface area contributed by atoms with Crippen LogP contribution in [0.3, 0.4) is 0 Å². The molecule has 4 amide bonds. The van der Waals surface area contributed by atoms with Crippen molar-refractivity contribution in [3.8, 4) is 28.8 Å². The summed E-state index contributed by atoms with van der Waals surface area (Å²) in [5, 5.41) is 16.5. The smallest absolute Gasteiger partial charge is 0.405 e. The van der Waals surface area contributed by atoms with Gasteiger partial charge in [-0.25, -0.2) is 18.2 Å². The molecule has 2 aliphatic carbocycles. The van der Waals surface area contributed by atoms with E-state index in [1.54, 1.807) is 57.5 Å². The van der Waals surface area contributed by atoms with Crippen LogP contribution in [-0.4, -0.2) is 113 Å². The number of hydrogen-bond donors (Lipinski definition) is 4. The summed E-state index contributed by atoms with van der Waals surface area (Å²) in [6.07, 6.45) is 3.75. The third-order valence-corrected chi connectivity index (χ3v) is 14.1. The SMILES string of the molecule is CC[C@@H]1O[C@H](C)CC/C=C\[C@@H]2C[C@@]2(C(=O)NS(=O)(=O)C2(C)CC2)NC(=O)[C@@H]2C[C@@H](Oc3nc(-c4ccc(OC(C)C)cn4)cc4cc(OC)ccc34)CN2C(=O)[C@H]1NC(=O)O. The Labute approximate surface area is 355 Å². The van der Waals surface area contributed by atoms with Gasteiger partial charge in [0.05, 0.1) is 54.3 Å². The Bertz CT molecular complexity index is 2320. The lowest BCUT2D eigenvalue weighted by Crippen LogP contribution is -2.60. The van der Waals surface area contributed by atoms with E-state index in [1.165, 1.54) is 4.90 Å². The Balaban J connectivity index is 1.25. The zero-order chi connectivity index (χ0) is 43.9. The number of aromatic nitrogens is 2. The van der Waals surface area contributed by atoms with Gasteiger partial charge in [-0.2, -0.15) is 0 Å². The second-order valence-corrected chi connectivity index (χ2v) is 19.1. The molecule has 0 spiro atoms. The van der Waals surface area contributed by atoms with Gasteiger partial charge in [-0.1, -0.05) is 19.1 Å². The van der Waals surface area contributed by atoms with Crippen molar-refractivity contribution in [2.45, 2.75) is 126 Å². The molecular weight excluding hydrogens is 809 g/mol. The Morgan fingerprint density at radius 2 is 1.87 bits per heavy atom. The number of carbonyl (C=O) groups excluding carboxylic acids is 3. The number of fused-ring (bicyclic) bond motifs is 3. The second-order valence-electron chi connectivity index (χ2n) is 16.9. The van der Waals surface area contributed by atoms with Crippen molar-refractivity contribution >= 4 is 44.6 Å². The number of hydrogen-bond acceptors (Lipinski definition) is 12. The molecule has 18 heteroatoms. The van der Waals surface area contributed by atoms with Crippen LogP contribution in [0.4, 0.5) is 4.79 Å². The van der Waals surface area contributed by atoms with E-state index in [0.717, 1.165) is 0 Å². The van der Waals surface area contributed by atoms with Crippen LogP contribution in [0.5, 0.6) is 17.4 Å². The summed E-state index contributed by atoms with van der Waals surface area (Å²) in [6, 6.07) is 8.09. The molecule has 0 unspecified atom stereocenters. The second kappa shape index (κ2) is 17.1. The topological polar surface area (TPSA) is 225 Å². The first-order valence-corrected chi connectivity index (χ1v) is 22.2. The van der Waals surface area contributed by atoms with Crippen LogP contribution in [0.25, 0.3) is 22.2 Å². The maximum absolute atomic E-state index is 14.7. The van der Waals surface area contributed by atoms with Gasteiger partial charge in [-0.15, -0.1) is 0 Å². The van der Waals surface area contributed by atoms with Crippen LogP contribution in [0.2, 0.25) is 0 Å². The van der Waals surface area contributed by atoms with Crippen molar-refractivity contribution in [1.82, 2.24) is 30.2 Å². The predicted octanol–water partition coefficient (Wildman–Crippen LogP) is 4.48. The van der Waals surface area contributed by atoms with Gasteiger partial charge in [-0.05, 0) is 108 Å². The third kappa shape index (κ3) is 9.24. The maximum atomic E-state index is 14.7. The number of pyridine rings is 2. The van der Waals surface area contributed by atoms with Gasteiger partial charge in [-0.3, -0.25) is 24.1 Å². The van der Waals surface area contributed by atoms with Gasteiger partial charge in [0, 0.05) is 17.7 Å². The van der Waals surface area contributed by atoms with Crippen LogP contribution < -0.4 is 29.6 Å². The minimum atomic E-state index is -4.05. The molecule has 0 radical (unpaired) electrons. The summed E-state index contributed by atoms with van der Waals surface area (Å²) in [5.74, 6) is -1.48. The van der Waals surface area contributed by atoms with E-state index in [2.05, 4.69) is 20.3 Å². The first kappa shape index (κ1) is 43.6. The van der Waals surface area contributed by atoms with Crippen LogP contribution in [0.1, 0.15) is 79.6 Å². The largest absolute Gasteiger partial charge is 0.497 e. The Hall–Kier alpha value is -5.49. The molecule has 7 atom stereocenters. The van der Waals surface area contributed by atoms with Crippen molar-refractivity contribution in [3.05, 3.63) is 54.7 Å². The number of rotatable bonds is 11. The van der Waals surface area contributed by atoms with Gasteiger partial charge in [0.1, 0.15) is 35.2 Å². The Morgan fingerprint density at radius 1 is 1.11 bits per heavy atom. The number of amides is 4. The number of nitrogens with zero attached hydrogens (tertiary/aromatic N) is 3. The van der Waals surface area contributed by atoms with E-state index in [1.807, 2.05) is 39.0 Å². The first-order chi connectivity index (χ1) is 29.0. The van der Waals surface area contributed by atoms with Gasteiger partial charge in [0.15, 0.2) is 0 Å². The van der Waals surface area contributed by atoms with Crippen molar-refractivity contribution in [3.63, 3.8) is 0 Å². The number of nitrogens with one attached hydrogen (secondary N) is 3. The third-order valence-electron chi connectivity index (χ3n) is 11.9. The molecular formula is C43H54N6O11S. The summed E-state index contributed by atoms with van der Waals surface area (Å²) in [5.41, 5.74) is -0.622. The zero-order valence-corrected chi connectivity index (χ0v) is 36.0. The molecule has 1 saturated heterocycles. The Morgan fingerprint density at radius 3 is 2.52 bits per heavy atom. The molecule has 17 nitrogen and oxygen atoms in total. The lowest BCUT2D eigenvalue weighted by atomic mass is 10.0. The lowest BCUT2D eigenvalue weighted by molar-refractivity contribution is -0.145. The van der Waals surface area contributed by atoms with Crippen LogP contribution in [0, 0.1) is 5.92 Å². The summed E-state index contributed by atoms with van der Waals surface area (Å²) in [7, 11) is -2.50. The van der Waals surface area contributed by atoms with E-state index >= 15 is 0 Å². The van der Waals surface area contributed by atoms with Crippen molar-refractivity contribution in [2.24, 2.45) is 5.92 Å². The fourth-order valence-corrected chi connectivity index (χ4v) is 9.33. The molecule has 2 aromatic heterocycles. The molecule has 2 aliphatic heterocycles. The van der Waals surface area contributed by atoms with Gasteiger partial charge < -0.3 is 39.6 Å². The highest BCUT2D eigenvalue weighted by molar-refractivity contribution is 7.91. The van der Waals surface area contributed by atoms with E-state index in [-0.39, 0.29) is 37.8 Å². The predicted molar refractivity (Wildman–Crippen MR) is 223 cm³/mol. The first-order valence-electron chi connectivity index (χ1n) is 20.7. The summed E-state index contributed by atoms with van der Waals surface area (Å²) in [6.45, 7) is 8.83.